The fourth-order valence-corrected chi connectivity index (χ4v) is 4.97. The van der Waals surface area contributed by atoms with E-state index in [1.54, 1.807) is 13.0 Å². The Morgan fingerprint density at radius 1 is 1.12 bits per heavy atom. The summed E-state index contributed by atoms with van der Waals surface area (Å²) in [5.41, 5.74) is -0.263. The first-order chi connectivity index (χ1) is 15.5. The van der Waals surface area contributed by atoms with Gasteiger partial charge in [-0.3, -0.25) is 4.79 Å². The lowest BCUT2D eigenvalue weighted by molar-refractivity contribution is -0.140. The van der Waals surface area contributed by atoms with Crippen LogP contribution in [0.5, 0.6) is 0 Å². The maximum atomic E-state index is 13.5. The van der Waals surface area contributed by atoms with Crippen LogP contribution in [0.3, 0.4) is 0 Å². The SMILES string of the molecule is CCNS(=O)(=O)c1ccc(C2CCCCO2)c(CC(=O)Cc2ccc(F)c(C(F)(F)F)c2)c1. The van der Waals surface area contributed by atoms with Crippen molar-refractivity contribution in [1.82, 2.24) is 4.72 Å². The minimum absolute atomic E-state index is 0.00662. The number of alkyl halides is 3. The first kappa shape index (κ1) is 25.3. The largest absolute Gasteiger partial charge is 0.419 e. The Hall–Kier alpha value is -2.30. The lowest BCUT2D eigenvalue weighted by Crippen LogP contribution is -2.24. The molecule has 5 nitrogen and oxygen atoms in total. The highest BCUT2D eigenvalue weighted by atomic mass is 32.2. The summed E-state index contributed by atoms with van der Waals surface area (Å²) >= 11 is 0. The van der Waals surface area contributed by atoms with Gasteiger partial charge in [-0.05, 0) is 60.2 Å². The third-order valence-electron chi connectivity index (χ3n) is 5.41. The number of ether oxygens (including phenoxy) is 1. The van der Waals surface area contributed by atoms with Crippen molar-refractivity contribution >= 4 is 15.8 Å². The summed E-state index contributed by atoms with van der Waals surface area (Å²) < 4.78 is 85.6. The molecule has 0 spiro atoms. The number of ketones is 1. The minimum Gasteiger partial charge on any atom is -0.374 e. The second-order valence-corrected chi connectivity index (χ2v) is 9.69. The van der Waals surface area contributed by atoms with E-state index in [0.717, 1.165) is 18.9 Å². The van der Waals surface area contributed by atoms with Crippen molar-refractivity contribution in [3.63, 3.8) is 0 Å². The number of sulfonamides is 1. The molecule has 10 heteroatoms. The number of halogens is 4. The molecular formula is C23H25F4NO4S. The number of carbonyl (C=O) groups is 1. The van der Waals surface area contributed by atoms with Crippen LogP contribution in [-0.2, 0) is 38.6 Å². The van der Waals surface area contributed by atoms with Gasteiger partial charge >= 0.3 is 6.18 Å². The third kappa shape index (κ3) is 6.39. The Labute approximate surface area is 190 Å². The second kappa shape index (κ2) is 10.3. The molecule has 2 aromatic carbocycles. The molecule has 3 rings (SSSR count). The van der Waals surface area contributed by atoms with Crippen LogP contribution in [0.25, 0.3) is 0 Å². The van der Waals surface area contributed by atoms with E-state index >= 15 is 0 Å². The van der Waals surface area contributed by atoms with Crippen LogP contribution in [0.1, 0.15) is 54.5 Å². The zero-order valence-corrected chi connectivity index (χ0v) is 18.9. The van der Waals surface area contributed by atoms with Gasteiger partial charge in [0.2, 0.25) is 10.0 Å². The first-order valence-electron chi connectivity index (χ1n) is 10.6. The molecule has 0 radical (unpaired) electrons. The summed E-state index contributed by atoms with van der Waals surface area (Å²) in [6.45, 7) is 2.38. The molecule has 180 valence electrons. The normalized spacial score (nSPS) is 17.2. The van der Waals surface area contributed by atoms with Gasteiger partial charge in [0.15, 0.2) is 0 Å². The van der Waals surface area contributed by atoms with Crippen LogP contribution in [0.4, 0.5) is 17.6 Å². The molecular weight excluding hydrogens is 462 g/mol. The molecule has 1 heterocycles. The Bertz CT molecular complexity index is 1110. The topological polar surface area (TPSA) is 72.5 Å². The van der Waals surface area contributed by atoms with Gasteiger partial charge in [0.1, 0.15) is 11.6 Å². The molecule has 33 heavy (non-hydrogen) atoms. The van der Waals surface area contributed by atoms with Gasteiger partial charge in [-0.25, -0.2) is 17.5 Å². The van der Waals surface area contributed by atoms with E-state index in [1.165, 1.54) is 12.1 Å². The Balaban J connectivity index is 1.89. The van der Waals surface area contributed by atoms with E-state index in [2.05, 4.69) is 4.72 Å². The molecule has 0 bridgehead atoms. The first-order valence-corrected chi connectivity index (χ1v) is 12.1. The molecule has 1 aliphatic heterocycles. The molecule has 1 atom stereocenters. The lowest BCUT2D eigenvalue weighted by Gasteiger charge is -2.25. The molecule has 1 unspecified atom stereocenters. The van der Waals surface area contributed by atoms with Gasteiger partial charge < -0.3 is 4.74 Å². The van der Waals surface area contributed by atoms with Crippen molar-refractivity contribution in [2.45, 2.75) is 56.2 Å². The van der Waals surface area contributed by atoms with Crippen molar-refractivity contribution in [3.8, 4) is 0 Å². The zero-order chi connectivity index (χ0) is 24.2. The molecule has 0 aliphatic carbocycles. The van der Waals surface area contributed by atoms with Gasteiger partial charge in [-0.15, -0.1) is 0 Å². The third-order valence-corrected chi connectivity index (χ3v) is 6.95. The van der Waals surface area contributed by atoms with Crippen LogP contribution < -0.4 is 4.72 Å². The van der Waals surface area contributed by atoms with Crippen molar-refractivity contribution in [2.24, 2.45) is 0 Å². The monoisotopic (exact) mass is 487 g/mol. The number of rotatable bonds is 8. The average molecular weight is 488 g/mol. The molecule has 1 saturated heterocycles. The molecule has 1 aliphatic rings. The zero-order valence-electron chi connectivity index (χ0n) is 18.0. The number of hydrogen-bond acceptors (Lipinski definition) is 4. The van der Waals surface area contributed by atoms with E-state index < -0.39 is 33.4 Å². The van der Waals surface area contributed by atoms with Crippen LogP contribution in [0, 0.1) is 5.82 Å². The van der Waals surface area contributed by atoms with Crippen molar-refractivity contribution in [2.75, 3.05) is 13.2 Å². The Morgan fingerprint density at radius 2 is 1.88 bits per heavy atom. The van der Waals surface area contributed by atoms with E-state index in [1.807, 2.05) is 0 Å². The Morgan fingerprint density at radius 3 is 2.52 bits per heavy atom. The molecule has 0 saturated carbocycles. The van der Waals surface area contributed by atoms with Gasteiger partial charge in [-0.2, -0.15) is 13.2 Å². The highest BCUT2D eigenvalue weighted by Crippen LogP contribution is 2.33. The van der Waals surface area contributed by atoms with Crippen LogP contribution in [0.15, 0.2) is 41.3 Å². The van der Waals surface area contributed by atoms with E-state index in [0.29, 0.717) is 36.3 Å². The predicted molar refractivity (Wildman–Crippen MR) is 114 cm³/mol. The smallest absolute Gasteiger partial charge is 0.374 e. The quantitative estimate of drug-likeness (QED) is 0.546. The highest BCUT2D eigenvalue weighted by molar-refractivity contribution is 7.89. The average Bonchev–Trinajstić information content (AvgIpc) is 2.75. The van der Waals surface area contributed by atoms with Gasteiger partial charge in [0.25, 0.3) is 0 Å². The minimum atomic E-state index is -4.87. The van der Waals surface area contributed by atoms with Gasteiger partial charge in [0, 0.05) is 26.0 Å². The number of hydrogen-bond donors (Lipinski definition) is 1. The molecule has 1 N–H and O–H groups in total. The fourth-order valence-electron chi connectivity index (χ4n) is 3.88. The van der Waals surface area contributed by atoms with E-state index in [9.17, 15) is 30.8 Å². The number of Topliss-reactive ketones (excluding diaryl/α,β-unsaturated/α-hetero) is 1. The standard InChI is InChI=1S/C23H25F4NO4S/c1-2-28-33(30,31)18-7-8-19(22-5-3-4-10-32-22)16(14-18)13-17(29)11-15-6-9-21(24)20(12-15)23(25,26)27/h6-9,12,14,22,28H,2-5,10-11,13H2,1H3. The van der Waals surface area contributed by atoms with Crippen molar-refractivity contribution in [1.29, 1.82) is 0 Å². The highest BCUT2D eigenvalue weighted by Gasteiger charge is 2.34. The number of nitrogens with one attached hydrogen (secondary N) is 1. The Kier molecular flexibility index (Phi) is 7.92. The summed E-state index contributed by atoms with van der Waals surface area (Å²) in [7, 11) is -3.77. The summed E-state index contributed by atoms with van der Waals surface area (Å²) in [6, 6.07) is 6.95. The maximum absolute atomic E-state index is 13.5. The van der Waals surface area contributed by atoms with Gasteiger partial charge in [-0.1, -0.05) is 19.1 Å². The molecule has 0 aromatic heterocycles. The van der Waals surface area contributed by atoms with Crippen LogP contribution in [-0.4, -0.2) is 27.4 Å². The molecule has 0 amide bonds. The second-order valence-electron chi connectivity index (χ2n) is 7.92. The van der Waals surface area contributed by atoms with Crippen LogP contribution >= 0.6 is 0 Å². The van der Waals surface area contributed by atoms with Crippen LogP contribution in [0.2, 0.25) is 0 Å². The number of carbonyl (C=O) groups excluding carboxylic acids is 1. The molecule has 2 aromatic rings. The summed E-state index contributed by atoms with van der Waals surface area (Å²) in [5.74, 6) is -1.83. The lowest BCUT2D eigenvalue weighted by atomic mass is 9.92. The van der Waals surface area contributed by atoms with Crippen molar-refractivity contribution < 1.29 is 35.5 Å². The fraction of sp³-hybridized carbons (Fsp3) is 0.435. The van der Waals surface area contributed by atoms with E-state index in [-0.39, 0.29) is 35.9 Å². The summed E-state index contributed by atoms with van der Waals surface area (Å²) in [5, 5.41) is 0. The molecule has 1 fully saturated rings. The van der Waals surface area contributed by atoms with Gasteiger partial charge in [0.05, 0.1) is 16.6 Å². The summed E-state index contributed by atoms with van der Waals surface area (Å²) in [4.78, 5) is 12.8. The maximum Gasteiger partial charge on any atom is 0.419 e. The number of benzene rings is 2. The van der Waals surface area contributed by atoms with Crippen molar-refractivity contribution in [3.05, 3.63) is 64.5 Å². The van der Waals surface area contributed by atoms with E-state index in [4.69, 9.17) is 4.74 Å². The summed E-state index contributed by atoms with van der Waals surface area (Å²) in [6.07, 6.45) is -3.16. The predicted octanol–water partition coefficient (Wildman–Crippen LogP) is 4.74.